The Bertz CT molecular complexity index is 1400. The minimum atomic E-state index is -4.09. The molecule has 0 radical (unpaired) electrons. The summed E-state index contributed by atoms with van der Waals surface area (Å²) >= 11 is 0. The van der Waals surface area contributed by atoms with Crippen molar-refractivity contribution in [1.29, 1.82) is 5.26 Å². The van der Waals surface area contributed by atoms with Gasteiger partial charge in [0.2, 0.25) is 15.9 Å². The molecule has 2 aliphatic rings. The van der Waals surface area contributed by atoms with Gasteiger partial charge in [0.1, 0.15) is 12.1 Å². The van der Waals surface area contributed by atoms with Crippen molar-refractivity contribution in [1.82, 2.24) is 14.9 Å². The van der Waals surface area contributed by atoms with Gasteiger partial charge in [0.15, 0.2) is 0 Å². The molecule has 0 bridgehead atoms. The van der Waals surface area contributed by atoms with E-state index in [0.29, 0.717) is 24.1 Å². The van der Waals surface area contributed by atoms with E-state index in [4.69, 9.17) is 4.74 Å². The van der Waals surface area contributed by atoms with Gasteiger partial charge in [-0.2, -0.15) is 9.98 Å². The largest absolute Gasteiger partial charge is 0.464 e. The summed E-state index contributed by atoms with van der Waals surface area (Å²) in [6.07, 6.45) is 4.59. The van der Waals surface area contributed by atoms with Gasteiger partial charge in [0, 0.05) is 13.1 Å². The molecule has 2 aromatic rings. The number of nitrogens with zero attached hydrogens (tertiary/aromatic N) is 2. The molecule has 2 atom stereocenters. The van der Waals surface area contributed by atoms with Crippen LogP contribution in [0.1, 0.15) is 41.2 Å². The normalized spacial score (nSPS) is 17.8. The van der Waals surface area contributed by atoms with Gasteiger partial charge in [-0.15, -0.1) is 0 Å². The van der Waals surface area contributed by atoms with Crippen molar-refractivity contribution in [2.75, 3.05) is 19.7 Å². The predicted molar refractivity (Wildman–Crippen MR) is 141 cm³/mol. The molecule has 0 aliphatic carbocycles. The van der Waals surface area contributed by atoms with E-state index in [-0.39, 0.29) is 30.9 Å². The minimum absolute atomic E-state index is 0.0116. The van der Waals surface area contributed by atoms with Gasteiger partial charge in [-0.25, -0.2) is 13.2 Å². The second-order valence-corrected chi connectivity index (χ2v) is 11.2. The molecule has 0 aromatic heterocycles. The first-order chi connectivity index (χ1) is 18.2. The van der Waals surface area contributed by atoms with Gasteiger partial charge in [-0.1, -0.05) is 30.4 Å². The number of esters is 1. The lowest BCUT2D eigenvalue weighted by molar-refractivity contribution is -0.155. The summed E-state index contributed by atoms with van der Waals surface area (Å²) in [5, 5.41) is 12.7. The molecular weight excluding hydrogens is 504 g/mol. The molecule has 0 fully saturated rings. The number of hydrogen-bond acceptors (Lipinski definition) is 7. The highest BCUT2D eigenvalue weighted by Crippen LogP contribution is 2.22. The summed E-state index contributed by atoms with van der Waals surface area (Å²) in [4.78, 5) is 27.9. The van der Waals surface area contributed by atoms with E-state index in [1.54, 1.807) is 49.4 Å². The zero-order valence-corrected chi connectivity index (χ0v) is 22.4. The van der Waals surface area contributed by atoms with E-state index in [0.717, 1.165) is 23.2 Å². The van der Waals surface area contributed by atoms with Crippen LogP contribution in [0.3, 0.4) is 0 Å². The second kappa shape index (κ2) is 11.9. The number of fused-ring (bicyclic) bond motifs is 1. The lowest BCUT2D eigenvalue weighted by Gasteiger charge is -2.34. The first-order valence-electron chi connectivity index (χ1n) is 12.7. The number of carbonyl (C=O) groups excluding carboxylic acids is 2. The first kappa shape index (κ1) is 27.5. The highest BCUT2D eigenvalue weighted by Gasteiger charge is 2.37. The molecule has 0 spiro atoms. The summed E-state index contributed by atoms with van der Waals surface area (Å²) in [5.41, 5.74) is 3.86. The molecule has 0 unspecified atom stereocenters. The van der Waals surface area contributed by atoms with Gasteiger partial charge in [0.25, 0.3) is 0 Å². The maximum absolute atomic E-state index is 13.9. The van der Waals surface area contributed by atoms with Crippen LogP contribution < -0.4 is 10.0 Å². The van der Waals surface area contributed by atoms with Crippen LogP contribution in [-0.4, -0.2) is 57.0 Å². The molecule has 10 heteroatoms. The molecule has 2 aliphatic heterocycles. The van der Waals surface area contributed by atoms with Crippen molar-refractivity contribution >= 4 is 21.9 Å². The van der Waals surface area contributed by atoms with E-state index in [9.17, 15) is 23.3 Å². The lowest BCUT2D eigenvalue weighted by Crippen LogP contribution is -2.55. The fourth-order valence-electron chi connectivity index (χ4n) is 4.78. The third-order valence-electron chi connectivity index (χ3n) is 6.88. The van der Waals surface area contributed by atoms with Crippen molar-refractivity contribution in [3.05, 3.63) is 76.4 Å². The summed E-state index contributed by atoms with van der Waals surface area (Å²) in [6.45, 7) is 5.27. The van der Waals surface area contributed by atoms with Crippen molar-refractivity contribution < 1.29 is 22.7 Å². The Morgan fingerprint density at radius 2 is 2.03 bits per heavy atom. The summed E-state index contributed by atoms with van der Waals surface area (Å²) in [7, 11) is -4.09. The summed E-state index contributed by atoms with van der Waals surface area (Å²) < 4.78 is 34.9. The van der Waals surface area contributed by atoms with Crippen molar-refractivity contribution in [2.45, 2.75) is 56.6 Å². The highest BCUT2D eigenvalue weighted by atomic mass is 32.2. The number of nitrogens with one attached hydrogen (secondary N) is 2. The SMILES string of the molecule is CCOC(=O)[C@H]1CC=CCN1C(=O)[C@H](Cc1ccc(C)c(C#N)c1)NS(=O)(=O)c1ccc2c(c1)CCNC2. The number of sulfonamides is 1. The highest BCUT2D eigenvalue weighted by molar-refractivity contribution is 7.89. The number of amides is 1. The maximum Gasteiger partial charge on any atom is 0.329 e. The Morgan fingerprint density at radius 1 is 1.21 bits per heavy atom. The van der Waals surface area contributed by atoms with Gasteiger partial charge >= 0.3 is 5.97 Å². The zero-order chi connectivity index (χ0) is 27.3. The Kier molecular flexibility index (Phi) is 8.62. The van der Waals surface area contributed by atoms with Crippen LogP contribution in [0.25, 0.3) is 0 Å². The first-order valence-corrected chi connectivity index (χ1v) is 14.2. The zero-order valence-electron chi connectivity index (χ0n) is 21.6. The van der Waals surface area contributed by atoms with Crippen LogP contribution in [0.4, 0.5) is 0 Å². The Labute approximate surface area is 223 Å². The average molecular weight is 537 g/mol. The van der Waals surface area contributed by atoms with Crippen LogP contribution in [-0.2, 0) is 43.7 Å². The van der Waals surface area contributed by atoms with E-state index >= 15 is 0 Å². The molecule has 0 saturated carbocycles. The van der Waals surface area contributed by atoms with Crippen LogP contribution >= 0.6 is 0 Å². The van der Waals surface area contributed by atoms with Crippen LogP contribution in [0.15, 0.2) is 53.4 Å². The Morgan fingerprint density at radius 3 is 2.79 bits per heavy atom. The van der Waals surface area contributed by atoms with Crippen LogP contribution in [0.2, 0.25) is 0 Å². The quantitative estimate of drug-likeness (QED) is 0.391. The molecule has 0 saturated heterocycles. The number of ether oxygens (including phenoxy) is 1. The van der Waals surface area contributed by atoms with Crippen LogP contribution in [0.5, 0.6) is 0 Å². The number of benzene rings is 2. The number of aryl methyl sites for hydroxylation is 1. The molecule has 2 heterocycles. The fraction of sp³-hybridized carbons (Fsp3) is 0.393. The van der Waals surface area contributed by atoms with Gasteiger partial charge < -0.3 is 15.0 Å². The van der Waals surface area contributed by atoms with E-state index in [1.165, 1.54) is 4.90 Å². The number of carbonyl (C=O) groups is 2. The monoisotopic (exact) mass is 536 g/mol. The van der Waals surface area contributed by atoms with Gasteiger partial charge in [-0.05, 0) is 80.1 Å². The van der Waals surface area contributed by atoms with Gasteiger partial charge in [0.05, 0.1) is 23.1 Å². The topological polar surface area (TPSA) is 129 Å². The van der Waals surface area contributed by atoms with Crippen molar-refractivity contribution in [2.24, 2.45) is 0 Å². The fourth-order valence-corrected chi connectivity index (χ4v) is 6.02. The molecule has 1 amide bonds. The smallest absolute Gasteiger partial charge is 0.329 e. The maximum atomic E-state index is 13.9. The Hall–Kier alpha value is -3.52. The minimum Gasteiger partial charge on any atom is -0.464 e. The van der Waals surface area contributed by atoms with E-state index < -0.39 is 34.0 Å². The van der Waals surface area contributed by atoms with Crippen molar-refractivity contribution in [3.8, 4) is 6.07 Å². The summed E-state index contributed by atoms with van der Waals surface area (Å²) in [6, 6.07) is 10.3. The average Bonchev–Trinajstić information content (AvgIpc) is 2.93. The van der Waals surface area contributed by atoms with E-state index in [1.807, 2.05) is 13.0 Å². The van der Waals surface area contributed by atoms with Gasteiger partial charge in [-0.3, -0.25) is 4.79 Å². The molecule has 9 nitrogen and oxygen atoms in total. The molecule has 38 heavy (non-hydrogen) atoms. The van der Waals surface area contributed by atoms with Crippen molar-refractivity contribution in [3.63, 3.8) is 0 Å². The molecule has 4 rings (SSSR count). The molecule has 2 N–H and O–H groups in total. The molecule has 2 aromatic carbocycles. The summed E-state index contributed by atoms with van der Waals surface area (Å²) in [5.74, 6) is -1.06. The molecular formula is C28H32N4O5S. The van der Waals surface area contributed by atoms with Crippen LogP contribution in [0, 0.1) is 18.3 Å². The third-order valence-corrected chi connectivity index (χ3v) is 8.35. The second-order valence-electron chi connectivity index (χ2n) is 9.46. The Balaban J connectivity index is 1.67. The lowest BCUT2D eigenvalue weighted by atomic mass is 9.99. The number of nitriles is 1. The standard InChI is InChI=1S/C28H32N4O5S/c1-3-37-28(34)26-6-4-5-13-32(26)27(33)25(15-20-8-7-19(2)23(14-20)17-29)31-38(35,36)24-10-9-22-18-30-12-11-21(22)16-24/h4-5,7-10,14,16,25-26,30-31H,3,6,11-13,15,18H2,1-2H3/t25-,26+/m0/s1. The number of hydrogen-bond donors (Lipinski definition) is 2. The third kappa shape index (κ3) is 6.13. The molecule has 200 valence electrons. The predicted octanol–water partition coefficient (Wildman–Crippen LogP) is 2.12. The van der Waals surface area contributed by atoms with E-state index in [2.05, 4.69) is 16.1 Å². The number of rotatable bonds is 8.